The van der Waals surface area contributed by atoms with Gasteiger partial charge in [-0.05, 0) is 36.7 Å². The molecule has 106 valence electrons. The lowest BCUT2D eigenvalue weighted by Crippen LogP contribution is -2.45. The van der Waals surface area contributed by atoms with Crippen LogP contribution < -0.4 is 10.4 Å². The Morgan fingerprint density at radius 1 is 1.10 bits per heavy atom. The first-order chi connectivity index (χ1) is 9.66. The highest BCUT2D eigenvalue weighted by atomic mass is 16.4. The Bertz CT molecular complexity index is 514. The standard InChI is InChI=1S/C16H19NO3/c18-15(17-9-10-4-2-1-3-5-10)13-11-6-7-12(8-11)14(13)16(19)20/h1-5,11-14H,6-9H2,(H,17,18)(H,19,20)/p-1/t11-,12+,13+,14+/m1/s1. The lowest BCUT2D eigenvalue weighted by Gasteiger charge is -2.30. The lowest BCUT2D eigenvalue weighted by atomic mass is 9.78. The molecule has 3 rings (SSSR count). The summed E-state index contributed by atoms with van der Waals surface area (Å²) in [6.07, 6.45) is 2.76. The normalized spacial score (nSPS) is 31.2. The van der Waals surface area contributed by atoms with Gasteiger partial charge in [0.05, 0.1) is 0 Å². The van der Waals surface area contributed by atoms with E-state index in [1.165, 1.54) is 0 Å². The molecule has 2 aliphatic rings. The van der Waals surface area contributed by atoms with Crippen molar-refractivity contribution in [3.05, 3.63) is 35.9 Å². The second kappa shape index (κ2) is 5.27. The fraction of sp³-hybridized carbons (Fsp3) is 0.500. The van der Waals surface area contributed by atoms with Gasteiger partial charge in [-0.15, -0.1) is 0 Å². The van der Waals surface area contributed by atoms with E-state index in [1.54, 1.807) is 0 Å². The molecule has 0 spiro atoms. The summed E-state index contributed by atoms with van der Waals surface area (Å²) in [6, 6.07) is 9.65. The van der Waals surface area contributed by atoms with E-state index in [0.717, 1.165) is 24.8 Å². The van der Waals surface area contributed by atoms with Gasteiger partial charge in [-0.1, -0.05) is 30.3 Å². The number of benzene rings is 1. The molecule has 1 amide bonds. The smallest absolute Gasteiger partial charge is 0.224 e. The molecule has 1 aromatic carbocycles. The number of carboxylic acid groups (broad SMARTS) is 1. The van der Waals surface area contributed by atoms with Crippen molar-refractivity contribution in [2.24, 2.45) is 23.7 Å². The van der Waals surface area contributed by atoms with E-state index in [4.69, 9.17) is 0 Å². The van der Waals surface area contributed by atoms with Crippen LogP contribution in [0.5, 0.6) is 0 Å². The van der Waals surface area contributed by atoms with Crippen molar-refractivity contribution in [3.63, 3.8) is 0 Å². The van der Waals surface area contributed by atoms with Crippen LogP contribution in [0.15, 0.2) is 30.3 Å². The highest BCUT2D eigenvalue weighted by Crippen LogP contribution is 2.52. The van der Waals surface area contributed by atoms with Crippen LogP contribution >= 0.6 is 0 Å². The van der Waals surface area contributed by atoms with Crippen molar-refractivity contribution in [2.75, 3.05) is 0 Å². The predicted molar refractivity (Wildman–Crippen MR) is 71.1 cm³/mol. The summed E-state index contributed by atoms with van der Waals surface area (Å²) in [5.41, 5.74) is 1.02. The van der Waals surface area contributed by atoms with Crippen molar-refractivity contribution in [1.82, 2.24) is 5.32 Å². The highest BCUT2D eigenvalue weighted by Gasteiger charge is 2.51. The van der Waals surface area contributed by atoms with Crippen molar-refractivity contribution in [3.8, 4) is 0 Å². The monoisotopic (exact) mass is 272 g/mol. The van der Waals surface area contributed by atoms with Crippen molar-refractivity contribution in [2.45, 2.75) is 25.8 Å². The maximum Gasteiger partial charge on any atom is 0.224 e. The Hall–Kier alpha value is -1.84. The zero-order valence-corrected chi connectivity index (χ0v) is 11.2. The Morgan fingerprint density at radius 3 is 2.40 bits per heavy atom. The molecular weight excluding hydrogens is 254 g/mol. The Morgan fingerprint density at radius 2 is 1.75 bits per heavy atom. The molecule has 2 aliphatic carbocycles. The molecule has 1 N–H and O–H groups in total. The van der Waals surface area contributed by atoms with Crippen LogP contribution in [-0.2, 0) is 16.1 Å². The maximum atomic E-state index is 12.3. The molecule has 4 nitrogen and oxygen atoms in total. The van der Waals surface area contributed by atoms with E-state index in [9.17, 15) is 14.7 Å². The minimum Gasteiger partial charge on any atom is -0.550 e. The molecule has 20 heavy (non-hydrogen) atoms. The average molecular weight is 272 g/mol. The molecule has 0 unspecified atom stereocenters. The molecule has 0 aromatic heterocycles. The molecule has 2 fully saturated rings. The first-order valence-electron chi connectivity index (χ1n) is 7.19. The summed E-state index contributed by atoms with van der Waals surface area (Å²) in [6.45, 7) is 0.452. The van der Waals surface area contributed by atoms with Gasteiger partial charge in [-0.2, -0.15) is 0 Å². The van der Waals surface area contributed by atoms with Gasteiger partial charge in [-0.3, -0.25) is 4.79 Å². The molecular formula is C16H18NO3-. The molecule has 0 saturated heterocycles. The summed E-state index contributed by atoms with van der Waals surface area (Å²) in [5, 5.41) is 14.2. The number of rotatable bonds is 4. The molecule has 2 bridgehead atoms. The van der Waals surface area contributed by atoms with Crippen LogP contribution in [0.1, 0.15) is 24.8 Å². The number of hydrogen-bond acceptors (Lipinski definition) is 3. The minimum absolute atomic E-state index is 0.129. The van der Waals surface area contributed by atoms with Crippen LogP contribution in [0.25, 0.3) is 0 Å². The Balaban J connectivity index is 1.66. The SMILES string of the molecule is O=C([O-])[C@H]1[C@H]2CC[C@H](C2)[C@@H]1C(=O)NCc1ccccc1. The summed E-state index contributed by atoms with van der Waals surface area (Å²) in [5.74, 6) is -1.82. The number of fused-ring (bicyclic) bond motifs is 2. The highest BCUT2D eigenvalue weighted by molar-refractivity contribution is 5.85. The van der Waals surface area contributed by atoms with Crippen LogP contribution in [0.4, 0.5) is 0 Å². The Kier molecular flexibility index (Phi) is 3.47. The van der Waals surface area contributed by atoms with Crippen molar-refractivity contribution in [1.29, 1.82) is 0 Å². The van der Waals surface area contributed by atoms with Gasteiger partial charge in [0.2, 0.25) is 5.91 Å². The number of carbonyl (C=O) groups excluding carboxylic acids is 2. The summed E-state index contributed by atoms with van der Waals surface area (Å²) in [7, 11) is 0. The van der Waals surface area contributed by atoms with Gasteiger partial charge < -0.3 is 15.2 Å². The summed E-state index contributed by atoms with van der Waals surface area (Å²) < 4.78 is 0. The van der Waals surface area contributed by atoms with Crippen LogP contribution in [0.3, 0.4) is 0 Å². The second-order valence-electron chi connectivity index (χ2n) is 5.91. The van der Waals surface area contributed by atoms with E-state index in [1.807, 2.05) is 30.3 Å². The zero-order chi connectivity index (χ0) is 14.1. The van der Waals surface area contributed by atoms with E-state index in [-0.39, 0.29) is 17.7 Å². The fourth-order valence-corrected chi connectivity index (χ4v) is 3.91. The summed E-state index contributed by atoms with van der Waals surface area (Å²) >= 11 is 0. The molecule has 0 heterocycles. The number of nitrogens with one attached hydrogen (secondary N) is 1. The van der Waals surface area contributed by atoms with E-state index >= 15 is 0 Å². The number of carboxylic acids is 1. The van der Waals surface area contributed by atoms with Crippen molar-refractivity contribution < 1.29 is 14.7 Å². The number of carbonyl (C=O) groups is 2. The molecule has 2 saturated carbocycles. The van der Waals surface area contributed by atoms with Gasteiger partial charge in [0.25, 0.3) is 0 Å². The Labute approximate surface area is 118 Å². The molecule has 0 radical (unpaired) electrons. The first-order valence-corrected chi connectivity index (χ1v) is 7.19. The lowest BCUT2D eigenvalue weighted by molar-refractivity contribution is -0.314. The third-order valence-corrected chi connectivity index (χ3v) is 4.80. The minimum atomic E-state index is -1.06. The van der Waals surface area contributed by atoms with Gasteiger partial charge in [-0.25, -0.2) is 0 Å². The van der Waals surface area contributed by atoms with E-state index in [2.05, 4.69) is 5.32 Å². The molecule has 4 atom stereocenters. The number of aliphatic carboxylic acids is 1. The van der Waals surface area contributed by atoms with Crippen molar-refractivity contribution >= 4 is 11.9 Å². The van der Waals surface area contributed by atoms with E-state index in [0.29, 0.717) is 6.54 Å². The van der Waals surface area contributed by atoms with Gasteiger partial charge >= 0.3 is 0 Å². The average Bonchev–Trinajstić information content (AvgIpc) is 3.06. The van der Waals surface area contributed by atoms with E-state index < -0.39 is 17.8 Å². The van der Waals surface area contributed by atoms with Crippen LogP contribution in [0.2, 0.25) is 0 Å². The first kappa shape index (κ1) is 13.2. The molecule has 1 aromatic rings. The number of hydrogen-bond donors (Lipinski definition) is 1. The van der Waals surface area contributed by atoms with Crippen LogP contribution in [-0.4, -0.2) is 11.9 Å². The summed E-state index contributed by atoms with van der Waals surface area (Å²) in [4.78, 5) is 23.6. The quantitative estimate of drug-likeness (QED) is 0.878. The molecule has 0 aliphatic heterocycles. The van der Waals surface area contributed by atoms with Gasteiger partial charge in [0.1, 0.15) is 0 Å². The second-order valence-corrected chi connectivity index (χ2v) is 5.91. The predicted octanol–water partition coefficient (Wildman–Crippen LogP) is 0.715. The maximum absolute atomic E-state index is 12.3. The largest absolute Gasteiger partial charge is 0.550 e. The fourth-order valence-electron chi connectivity index (χ4n) is 3.91. The molecule has 4 heteroatoms. The third kappa shape index (κ3) is 2.30. The van der Waals surface area contributed by atoms with Gasteiger partial charge in [0, 0.05) is 24.3 Å². The topological polar surface area (TPSA) is 69.2 Å². The zero-order valence-electron chi connectivity index (χ0n) is 11.2. The third-order valence-electron chi connectivity index (χ3n) is 4.80. The van der Waals surface area contributed by atoms with Gasteiger partial charge in [0.15, 0.2) is 0 Å². The number of amides is 1. The van der Waals surface area contributed by atoms with Crippen LogP contribution in [0, 0.1) is 23.7 Å².